The Morgan fingerprint density at radius 3 is 2.82 bits per heavy atom. The molecular formula is C12H14N4O. The third-order valence-electron chi connectivity index (χ3n) is 2.96. The van der Waals surface area contributed by atoms with Crippen LogP contribution in [0.15, 0.2) is 30.6 Å². The van der Waals surface area contributed by atoms with Crippen molar-refractivity contribution in [1.29, 1.82) is 0 Å². The predicted molar refractivity (Wildman–Crippen MR) is 64.3 cm³/mol. The fourth-order valence-corrected chi connectivity index (χ4v) is 1.95. The highest BCUT2D eigenvalue weighted by atomic mass is 16.5. The zero-order valence-corrected chi connectivity index (χ0v) is 9.41. The van der Waals surface area contributed by atoms with E-state index in [0.717, 1.165) is 36.7 Å². The first-order valence-electron chi connectivity index (χ1n) is 5.68. The average molecular weight is 230 g/mol. The van der Waals surface area contributed by atoms with Crippen LogP contribution in [0.1, 0.15) is 12.5 Å². The average Bonchev–Trinajstić information content (AvgIpc) is 3.00. The summed E-state index contributed by atoms with van der Waals surface area (Å²) in [5, 5.41) is 4.48. The van der Waals surface area contributed by atoms with Gasteiger partial charge < -0.3 is 10.5 Å². The molecule has 0 bridgehead atoms. The Morgan fingerprint density at radius 1 is 1.29 bits per heavy atom. The number of hydrogen-bond donors (Lipinski definition) is 1. The minimum absolute atomic E-state index is 0.324. The van der Waals surface area contributed by atoms with E-state index >= 15 is 0 Å². The summed E-state index contributed by atoms with van der Waals surface area (Å²) in [6, 6.07) is 7.90. The molecule has 1 unspecified atom stereocenters. The number of nitrogen functional groups attached to an aromatic ring is 1. The summed E-state index contributed by atoms with van der Waals surface area (Å²) in [6.45, 7) is 1.53. The summed E-state index contributed by atoms with van der Waals surface area (Å²) in [4.78, 5) is 4.32. The molecular weight excluding hydrogens is 216 g/mol. The molecule has 0 spiro atoms. The predicted octanol–water partition coefficient (Wildman–Crippen LogP) is 1.49. The molecule has 0 aliphatic carbocycles. The quantitative estimate of drug-likeness (QED) is 0.794. The lowest BCUT2D eigenvalue weighted by molar-refractivity contribution is 0.184. The second kappa shape index (κ2) is 4.18. The highest BCUT2D eigenvalue weighted by Crippen LogP contribution is 2.20. The van der Waals surface area contributed by atoms with E-state index in [9.17, 15) is 0 Å². The van der Waals surface area contributed by atoms with Gasteiger partial charge in [-0.1, -0.05) is 0 Å². The smallest absolute Gasteiger partial charge is 0.181 e. The summed E-state index contributed by atoms with van der Waals surface area (Å²) in [6.07, 6.45) is 2.77. The first-order chi connectivity index (χ1) is 8.33. The number of benzene rings is 1. The number of anilines is 1. The Balaban J connectivity index is 1.86. The van der Waals surface area contributed by atoms with Crippen LogP contribution in [-0.2, 0) is 4.74 Å². The Bertz CT molecular complexity index is 499. The molecule has 0 saturated carbocycles. The van der Waals surface area contributed by atoms with Gasteiger partial charge in [0.15, 0.2) is 5.82 Å². The van der Waals surface area contributed by atoms with Gasteiger partial charge in [-0.15, -0.1) is 0 Å². The van der Waals surface area contributed by atoms with Gasteiger partial charge in [0.25, 0.3) is 0 Å². The first-order valence-corrected chi connectivity index (χ1v) is 5.68. The van der Waals surface area contributed by atoms with Gasteiger partial charge in [-0.3, -0.25) is 0 Å². The molecule has 3 rings (SSSR count). The van der Waals surface area contributed by atoms with Crippen molar-refractivity contribution in [3.63, 3.8) is 0 Å². The van der Waals surface area contributed by atoms with Gasteiger partial charge in [0, 0.05) is 17.9 Å². The van der Waals surface area contributed by atoms with Crippen molar-refractivity contribution in [2.75, 3.05) is 18.9 Å². The molecule has 17 heavy (non-hydrogen) atoms. The van der Waals surface area contributed by atoms with E-state index < -0.39 is 0 Å². The molecule has 0 radical (unpaired) electrons. The van der Waals surface area contributed by atoms with Crippen LogP contribution in [0.3, 0.4) is 0 Å². The lowest BCUT2D eigenvalue weighted by atomic mass is 10.2. The fraction of sp³-hybridized carbons (Fsp3) is 0.333. The molecule has 1 atom stereocenters. The van der Waals surface area contributed by atoms with Crippen molar-refractivity contribution >= 4 is 5.69 Å². The highest BCUT2D eigenvalue weighted by molar-refractivity contribution is 5.57. The monoisotopic (exact) mass is 230 g/mol. The lowest BCUT2D eigenvalue weighted by Gasteiger charge is -2.05. The summed E-state index contributed by atoms with van der Waals surface area (Å²) in [7, 11) is 0. The number of nitrogens with two attached hydrogens (primary N) is 1. The van der Waals surface area contributed by atoms with Crippen LogP contribution >= 0.6 is 0 Å². The van der Waals surface area contributed by atoms with E-state index in [2.05, 4.69) is 10.1 Å². The van der Waals surface area contributed by atoms with E-state index in [1.165, 1.54) is 0 Å². The first kappa shape index (κ1) is 10.3. The van der Waals surface area contributed by atoms with Crippen LogP contribution in [0.2, 0.25) is 0 Å². The van der Waals surface area contributed by atoms with Gasteiger partial charge in [0.2, 0.25) is 0 Å². The molecule has 2 N–H and O–H groups in total. The second-order valence-electron chi connectivity index (χ2n) is 4.19. The molecule has 5 heteroatoms. The zero-order chi connectivity index (χ0) is 11.7. The summed E-state index contributed by atoms with van der Waals surface area (Å²) in [5.74, 6) is 0.733. The van der Waals surface area contributed by atoms with E-state index in [-0.39, 0.29) is 0 Å². The highest BCUT2D eigenvalue weighted by Gasteiger charge is 2.19. The third kappa shape index (κ3) is 2.01. The van der Waals surface area contributed by atoms with Crippen molar-refractivity contribution in [2.45, 2.75) is 12.5 Å². The van der Waals surface area contributed by atoms with Crippen molar-refractivity contribution in [1.82, 2.24) is 14.8 Å². The molecule has 1 aromatic carbocycles. The van der Waals surface area contributed by atoms with Crippen LogP contribution in [-0.4, -0.2) is 28.0 Å². The number of hydrogen-bond acceptors (Lipinski definition) is 4. The van der Waals surface area contributed by atoms with Gasteiger partial charge in [0.05, 0.1) is 12.6 Å². The Morgan fingerprint density at radius 2 is 2.12 bits per heavy atom. The van der Waals surface area contributed by atoms with Crippen LogP contribution in [0, 0.1) is 0 Å². The Kier molecular flexibility index (Phi) is 2.53. The lowest BCUT2D eigenvalue weighted by Crippen LogP contribution is -2.08. The summed E-state index contributed by atoms with van der Waals surface area (Å²) < 4.78 is 7.22. The van der Waals surface area contributed by atoms with Crippen LogP contribution in [0.4, 0.5) is 5.69 Å². The van der Waals surface area contributed by atoms with Gasteiger partial charge in [-0.25, -0.2) is 9.67 Å². The minimum Gasteiger partial charge on any atom is -0.399 e. The second-order valence-corrected chi connectivity index (χ2v) is 4.19. The maximum absolute atomic E-state index is 5.65. The topological polar surface area (TPSA) is 66.0 Å². The molecule has 5 nitrogen and oxygen atoms in total. The van der Waals surface area contributed by atoms with Gasteiger partial charge >= 0.3 is 0 Å². The van der Waals surface area contributed by atoms with E-state index in [4.69, 9.17) is 10.5 Å². The van der Waals surface area contributed by atoms with Crippen molar-refractivity contribution in [3.05, 3.63) is 30.6 Å². The Hall–Kier alpha value is -1.88. The maximum Gasteiger partial charge on any atom is 0.181 e. The van der Waals surface area contributed by atoms with Gasteiger partial charge in [-0.2, -0.15) is 5.10 Å². The number of ether oxygens (including phenoxy) is 1. The van der Waals surface area contributed by atoms with Crippen LogP contribution < -0.4 is 5.73 Å². The zero-order valence-electron chi connectivity index (χ0n) is 9.41. The SMILES string of the molecule is Nc1ccc(-c2ncn(C3CCOC3)n2)cc1. The Labute approximate surface area is 99.2 Å². The van der Waals surface area contributed by atoms with Gasteiger partial charge in [0.1, 0.15) is 6.33 Å². The molecule has 88 valence electrons. The van der Waals surface area contributed by atoms with E-state index in [0.29, 0.717) is 6.04 Å². The number of nitrogens with zero attached hydrogens (tertiary/aromatic N) is 3. The molecule has 1 saturated heterocycles. The van der Waals surface area contributed by atoms with Gasteiger partial charge in [-0.05, 0) is 30.7 Å². The summed E-state index contributed by atoms with van der Waals surface area (Å²) >= 11 is 0. The molecule has 1 aliphatic rings. The molecule has 2 aromatic rings. The molecule has 1 aliphatic heterocycles. The third-order valence-corrected chi connectivity index (χ3v) is 2.96. The van der Waals surface area contributed by atoms with Crippen molar-refractivity contribution < 1.29 is 4.74 Å². The van der Waals surface area contributed by atoms with Crippen LogP contribution in [0.5, 0.6) is 0 Å². The van der Waals surface area contributed by atoms with E-state index in [1.807, 2.05) is 28.9 Å². The number of aromatic nitrogens is 3. The van der Waals surface area contributed by atoms with E-state index in [1.54, 1.807) is 6.33 Å². The molecule has 0 amide bonds. The van der Waals surface area contributed by atoms with Crippen molar-refractivity contribution in [2.24, 2.45) is 0 Å². The normalized spacial score (nSPS) is 19.6. The van der Waals surface area contributed by atoms with Crippen LogP contribution in [0.25, 0.3) is 11.4 Å². The number of rotatable bonds is 2. The minimum atomic E-state index is 0.324. The molecule has 2 heterocycles. The molecule has 1 aromatic heterocycles. The standard InChI is InChI=1S/C12H14N4O/c13-10-3-1-9(2-4-10)12-14-8-16(15-12)11-5-6-17-7-11/h1-4,8,11H,5-7,13H2. The van der Waals surface area contributed by atoms with Crippen molar-refractivity contribution in [3.8, 4) is 11.4 Å². The summed E-state index contributed by atoms with van der Waals surface area (Å²) in [5.41, 5.74) is 7.38. The molecule has 1 fully saturated rings. The maximum atomic E-state index is 5.65. The largest absolute Gasteiger partial charge is 0.399 e. The fourth-order valence-electron chi connectivity index (χ4n) is 1.95.